The second-order valence-electron chi connectivity index (χ2n) is 1.72. The van der Waals surface area contributed by atoms with Crippen molar-refractivity contribution < 1.29 is 0 Å². The molecule has 0 N–H and O–H groups in total. The van der Waals surface area contributed by atoms with Crippen molar-refractivity contribution in [3.63, 3.8) is 0 Å². The summed E-state index contributed by atoms with van der Waals surface area (Å²) in [7, 11) is 0. The lowest BCUT2D eigenvalue weighted by Crippen LogP contribution is -1.83. The lowest BCUT2D eigenvalue weighted by molar-refractivity contribution is 1.30. The monoisotopic (exact) mass is 107 g/mol. The Balaban J connectivity index is 2.66. The van der Waals surface area contributed by atoms with Crippen LogP contribution in [0.25, 0.3) is 0 Å². The molecule has 0 fully saturated rings. The van der Waals surface area contributed by atoms with E-state index in [1.54, 1.807) is 0 Å². The Labute approximate surface area is 49.4 Å². The summed E-state index contributed by atoms with van der Waals surface area (Å²) in [5.41, 5.74) is 1.35. The highest BCUT2D eigenvalue weighted by Crippen LogP contribution is 2.04. The van der Waals surface area contributed by atoms with Gasteiger partial charge >= 0.3 is 0 Å². The highest BCUT2D eigenvalue weighted by Gasteiger charge is 1.88. The fraction of sp³-hybridized carbons (Fsp3) is 0.286. The third-order valence-corrected chi connectivity index (χ3v) is 1.18. The van der Waals surface area contributed by atoms with E-state index in [4.69, 9.17) is 0 Å². The average Bonchev–Trinajstić information content (AvgIpc) is 1.90. The van der Waals surface area contributed by atoms with Crippen LogP contribution in [0.3, 0.4) is 0 Å². The van der Waals surface area contributed by atoms with Crippen molar-refractivity contribution in [2.24, 2.45) is 4.99 Å². The van der Waals surface area contributed by atoms with Crippen molar-refractivity contribution in [1.29, 1.82) is 0 Å². The largest absolute Gasteiger partial charge is 0.269 e. The van der Waals surface area contributed by atoms with Gasteiger partial charge in [0.05, 0.1) is 0 Å². The van der Waals surface area contributed by atoms with Gasteiger partial charge in [-0.25, -0.2) is 0 Å². The molecule has 0 saturated carbocycles. The van der Waals surface area contributed by atoms with Crippen LogP contribution in [0.5, 0.6) is 0 Å². The predicted octanol–water partition coefficient (Wildman–Crippen LogP) is 1.92. The van der Waals surface area contributed by atoms with E-state index in [-0.39, 0.29) is 0 Å². The Morgan fingerprint density at radius 1 is 1.75 bits per heavy atom. The topological polar surface area (TPSA) is 12.4 Å². The van der Waals surface area contributed by atoms with Crippen LogP contribution in [0.2, 0.25) is 0 Å². The number of nitrogens with zero attached hydrogens (tertiary/aromatic N) is 1. The molecule has 1 rings (SSSR count). The summed E-state index contributed by atoms with van der Waals surface area (Å²) < 4.78 is 0. The van der Waals surface area contributed by atoms with Gasteiger partial charge in [0.15, 0.2) is 0 Å². The fourth-order valence-corrected chi connectivity index (χ4v) is 0.640. The summed E-state index contributed by atoms with van der Waals surface area (Å²) in [6, 6.07) is 0. The Hall–Kier alpha value is -0.850. The molecule has 42 valence electrons. The van der Waals surface area contributed by atoms with E-state index in [9.17, 15) is 0 Å². The standard InChI is InChI=1S/C7H9N/c1-2-7-3-5-8-6-4-7/h2-3,5-6H,4H2,1H3. The maximum atomic E-state index is 3.93. The lowest BCUT2D eigenvalue weighted by atomic mass is 10.2. The lowest BCUT2D eigenvalue weighted by Gasteiger charge is -1.96. The van der Waals surface area contributed by atoms with Crippen LogP contribution in [-0.4, -0.2) is 6.21 Å². The van der Waals surface area contributed by atoms with Gasteiger partial charge in [0.1, 0.15) is 0 Å². The molecular formula is C7H9N. The first kappa shape index (κ1) is 5.29. The van der Waals surface area contributed by atoms with Crippen LogP contribution in [0.15, 0.2) is 28.9 Å². The Morgan fingerprint density at radius 3 is 3.00 bits per heavy atom. The van der Waals surface area contributed by atoms with E-state index >= 15 is 0 Å². The molecule has 0 aromatic rings. The van der Waals surface area contributed by atoms with E-state index in [0.717, 1.165) is 6.42 Å². The zero-order chi connectivity index (χ0) is 5.82. The van der Waals surface area contributed by atoms with Crippen LogP contribution in [0.4, 0.5) is 0 Å². The molecule has 0 radical (unpaired) electrons. The third kappa shape index (κ3) is 1.06. The van der Waals surface area contributed by atoms with E-state index in [0.29, 0.717) is 0 Å². The maximum Gasteiger partial charge on any atom is 0.0266 e. The molecule has 0 atom stereocenters. The van der Waals surface area contributed by atoms with Gasteiger partial charge in [-0.3, -0.25) is 4.99 Å². The first-order chi connectivity index (χ1) is 3.93. The van der Waals surface area contributed by atoms with Crippen LogP contribution in [0, 0.1) is 0 Å². The first-order valence-electron chi connectivity index (χ1n) is 2.77. The fourth-order valence-electron chi connectivity index (χ4n) is 0.640. The summed E-state index contributed by atoms with van der Waals surface area (Å²) in [6.45, 7) is 2.04. The molecule has 0 aromatic heterocycles. The number of rotatable bonds is 0. The molecule has 0 spiro atoms. The molecule has 1 aliphatic rings. The van der Waals surface area contributed by atoms with Gasteiger partial charge in [-0.15, -0.1) is 0 Å². The Morgan fingerprint density at radius 2 is 2.62 bits per heavy atom. The van der Waals surface area contributed by atoms with Crippen molar-refractivity contribution >= 4 is 6.21 Å². The summed E-state index contributed by atoms with van der Waals surface area (Å²) >= 11 is 0. The number of hydrogen-bond donors (Lipinski definition) is 0. The van der Waals surface area contributed by atoms with Crippen LogP contribution in [0.1, 0.15) is 13.3 Å². The molecule has 0 aliphatic carbocycles. The molecule has 0 bridgehead atoms. The molecule has 0 aromatic carbocycles. The zero-order valence-electron chi connectivity index (χ0n) is 4.96. The van der Waals surface area contributed by atoms with Gasteiger partial charge in [0, 0.05) is 18.8 Å². The van der Waals surface area contributed by atoms with E-state index in [1.807, 2.05) is 25.4 Å². The molecule has 0 unspecified atom stereocenters. The van der Waals surface area contributed by atoms with Crippen molar-refractivity contribution in [1.82, 2.24) is 0 Å². The zero-order valence-corrected chi connectivity index (χ0v) is 4.96. The minimum atomic E-state index is 0.993. The van der Waals surface area contributed by atoms with Crippen LogP contribution < -0.4 is 0 Å². The summed E-state index contributed by atoms with van der Waals surface area (Å²) in [6.07, 6.45) is 8.85. The maximum absolute atomic E-state index is 3.93. The molecule has 0 saturated heterocycles. The molecule has 1 aliphatic heterocycles. The normalized spacial score (nSPS) is 22.4. The van der Waals surface area contributed by atoms with Crippen LogP contribution >= 0.6 is 0 Å². The molecule has 1 heteroatoms. The second kappa shape index (κ2) is 2.46. The Kier molecular flexibility index (Phi) is 1.62. The second-order valence-corrected chi connectivity index (χ2v) is 1.72. The number of aliphatic imine (C=N–C) groups is 1. The quantitative estimate of drug-likeness (QED) is 0.448. The molecule has 0 amide bonds. The van der Waals surface area contributed by atoms with E-state index < -0.39 is 0 Å². The number of hydrogen-bond acceptors (Lipinski definition) is 1. The van der Waals surface area contributed by atoms with Crippen molar-refractivity contribution in [3.05, 3.63) is 23.9 Å². The minimum Gasteiger partial charge on any atom is -0.269 e. The van der Waals surface area contributed by atoms with Crippen molar-refractivity contribution in [3.8, 4) is 0 Å². The third-order valence-electron chi connectivity index (χ3n) is 1.18. The van der Waals surface area contributed by atoms with Crippen LogP contribution in [-0.2, 0) is 0 Å². The van der Waals surface area contributed by atoms with Gasteiger partial charge in [0.2, 0.25) is 0 Å². The van der Waals surface area contributed by atoms with Gasteiger partial charge < -0.3 is 0 Å². The highest BCUT2D eigenvalue weighted by atomic mass is 14.7. The predicted molar refractivity (Wildman–Crippen MR) is 36.0 cm³/mol. The molecule has 1 heterocycles. The first-order valence-corrected chi connectivity index (χ1v) is 2.77. The average molecular weight is 107 g/mol. The molecule has 8 heavy (non-hydrogen) atoms. The van der Waals surface area contributed by atoms with E-state index in [1.165, 1.54) is 5.57 Å². The highest BCUT2D eigenvalue weighted by molar-refractivity contribution is 5.65. The van der Waals surface area contributed by atoms with Gasteiger partial charge in [-0.1, -0.05) is 6.08 Å². The van der Waals surface area contributed by atoms with Crippen molar-refractivity contribution in [2.75, 3.05) is 0 Å². The van der Waals surface area contributed by atoms with Gasteiger partial charge in [-0.2, -0.15) is 0 Å². The molecular weight excluding hydrogens is 98.1 g/mol. The summed E-state index contributed by atoms with van der Waals surface area (Å²) in [5, 5.41) is 0. The van der Waals surface area contributed by atoms with Crippen molar-refractivity contribution in [2.45, 2.75) is 13.3 Å². The smallest absolute Gasteiger partial charge is 0.0266 e. The number of allylic oxidation sites excluding steroid dienone is 3. The summed E-state index contributed by atoms with van der Waals surface area (Å²) in [5.74, 6) is 0. The Bertz CT molecular complexity index is 152. The SMILES string of the molecule is CC=C1C=CN=CC1. The van der Waals surface area contributed by atoms with Gasteiger partial charge in [0.25, 0.3) is 0 Å². The van der Waals surface area contributed by atoms with Gasteiger partial charge in [-0.05, 0) is 18.6 Å². The summed E-state index contributed by atoms with van der Waals surface area (Å²) in [4.78, 5) is 3.93. The minimum absolute atomic E-state index is 0.993. The molecule has 1 nitrogen and oxygen atoms in total. The van der Waals surface area contributed by atoms with E-state index in [2.05, 4.69) is 11.1 Å².